The van der Waals surface area contributed by atoms with Crippen LogP contribution in [-0.2, 0) is 9.84 Å². The number of pyridine rings is 1. The largest absolute Gasteiger partial charge is 0.366 e. The number of primary amides is 1. The van der Waals surface area contributed by atoms with E-state index in [-0.39, 0.29) is 10.5 Å². The molecule has 0 bridgehead atoms. The van der Waals surface area contributed by atoms with Gasteiger partial charge in [0.05, 0.1) is 16.0 Å². The number of rotatable bonds is 5. The van der Waals surface area contributed by atoms with Gasteiger partial charge in [0.2, 0.25) is 5.78 Å². The van der Waals surface area contributed by atoms with Crippen LogP contribution in [0.3, 0.4) is 0 Å². The topological polar surface area (TPSA) is 123 Å². The molecule has 0 aliphatic carbocycles. The maximum absolute atomic E-state index is 14.7. The smallest absolute Gasteiger partial charge is 0.251 e. The zero-order valence-corrected chi connectivity index (χ0v) is 17.3. The van der Waals surface area contributed by atoms with E-state index in [9.17, 15) is 26.8 Å². The Balaban J connectivity index is 1.82. The quantitative estimate of drug-likeness (QED) is 0.447. The molecule has 10 heteroatoms. The predicted octanol–water partition coefficient (Wildman–Crippen LogP) is 3.24. The van der Waals surface area contributed by atoms with Gasteiger partial charge in [0.15, 0.2) is 9.84 Å². The minimum atomic E-state index is -3.36. The fourth-order valence-electron chi connectivity index (χ4n) is 3.33. The van der Waals surface area contributed by atoms with Crippen LogP contribution in [0.15, 0.2) is 59.8 Å². The van der Waals surface area contributed by atoms with Gasteiger partial charge in [0.25, 0.3) is 5.91 Å². The maximum atomic E-state index is 14.7. The molecule has 0 unspecified atom stereocenters. The number of H-pyrrole nitrogens is 1. The van der Waals surface area contributed by atoms with Crippen LogP contribution < -0.4 is 5.73 Å². The molecule has 1 amide bonds. The molecule has 0 spiro atoms. The molecule has 0 aliphatic rings. The summed E-state index contributed by atoms with van der Waals surface area (Å²) in [5.41, 5.74) is 5.03. The van der Waals surface area contributed by atoms with Crippen molar-refractivity contribution in [2.75, 3.05) is 6.26 Å². The Morgan fingerprint density at radius 3 is 2.31 bits per heavy atom. The summed E-state index contributed by atoms with van der Waals surface area (Å²) < 4.78 is 52.3. The highest BCUT2D eigenvalue weighted by molar-refractivity contribution is 7.90. The lowest BCUT2D eigenvalue weighted by atomic mass is 9.98. The number of amides is 1. The number of carbonyl (C=O) groups is 2. The number of nitrogens with two attached hydrogens (primary N) is 1. The number of sulfone groups is 1. The van der Waals surface area contributed by atoms with E-state index in [1.807, 2.05) is 0 Å². The van der Waals surface area contributed by atoms with Crippen LogP contribution in [0.25, 0.3) is 22.2 Å². The molecular weight excluding hydrogens is 440 g/mol. The van der Waals surface area contributed by atoms with Crippen LogP contribution in [0.2, 0.25) is 0 Å². The van der Waals surface area contributed by atoms with Gasteiger partial charge in [-0.1, -0.05) is 12.1 Å². The Labute approximate surface area is 180 Å². The molecular formula is C22H15F2N3O4S. The first-order valence-corrected chi connectivity index (χ1v) is 11.1. The Morgan fingerprint density at radius 1 is 1.00 bits per heavy atom. The third kappa shape index (κ3) is 3.65. The highest BCUT2D eigenvalue weighted by Gasteiger charge is 2.26. The summed E-state index contributed by atoms with van der Waals surface area (Å²) in [4.78, 5) is 31.5. The molecule has 0 radical (unpaired) electrons. The minimum Gasteiger partial charge on any atom is -0.366 e. The van der Waals surface area contributed by atoms with Gasteiger partial charge in [-0.15, -0.1) is 0 Å². The number of carbonyl (C=O) groups excluding carboxylic acids is 2. The van der Waals surface area contributed by atoms with Gasteiger partial charge >= 0.3 is 0 Å². The summed E-state index contributed by atoms with van der Waals surface area (Å²) in [6.07, 6.45) is 3.88. The lowest BCUT2D eigenvalue weighted by Crippen LogP contribution is -2.17. The predicted molar refractivity (Wildman–Crippen MR) is 113 cm³/mol. The first-order valence-electron chi connectivity index (χ1n) is 9.18. The van der Waals surface area contributed by atoms with Crippen LogP contribution in [0.5, 0.6) is 0 Å². The molecule has 4 rings (SSSR count). The fourth-order valence-corrected chi connectivity index (χ4v) is 3.96. The van der Waals surface area contributed by atoms with Crippen LogP contribution >= 0.6 is 0 Å². The van der Waals surface area contributed by atoms with E-state index in [0.29, 0.717) is 22.2 Å². The van der Waals surface area contributed by atoms with Gasteiger partial charge in [0.1, 0.15) is 17.3 Å². The third-order valence-electron chi connectivity index (χ3n) is 4.98. The molecule has 2 aromatic carbocycles. The molecule has 2 aromatic heterocycles. The van der Waals surface area contributed by atoms with Crippen LogP contribution in [0.1, 0.15) is 26.3 Å². The maximum Gasteiger partial charge on any atom is 0.251 e. The van der Waals surface area contributed by atoms with Crippen molar-refractivity contribution < 1.29 is 26.8 Å². The summed E-state index contributed by atoms with van der Waals surface area (Å²) in [6, 6.07) is 9.33. The van der Waals surface area contributed by atoms with Gasteiger partial charge in [-0.3, -0.25) is 9.59 Å². The van der Waals surface area contributed by atoms with E-state index >= 15 is 0 Å². The average Bonchev–Trinajstić information content (AvgIpc) is 3.16. The number of nitrogens with one attached hydrogen (secondary N) is 1. The van der Waals surface area contributed by atoms with E-state index in [2.05, 4.69) is 9.97 Å². The van der Waals surface area contributed by atoms with Gasteiger partial charge < -0.3 is 10.7 Å². The lowest BCUT2D eigenvalue weighted by Gasteiger charge is -2.07. The fraction of sp³-hybridized carbons (Fsp3) is 0.0455. The zero-order chi connectivity index (χ0) is 23.2. The normalized spacial score (nSPS) is 11.6. The molecule has 0 fully saturated rings. The number of fused-ring (bicyclic) bond motifs is 1. The van der Waals surface area contributed by atoms with E-state index in [4.69, 9.17) is 5.73 Å². The van der Waals surface area contributed by atoms with Gasteiger partial charge in [-0.2, -0.15) is 0 Å². The monoisotopic (exact) mass is 455 g/mol. The molecule has 7 nitrogen and oxygen atoms in total. The van der Waals surface area contributed by atoms with Gasteiger partial charge in [0, 0.05) is 35.2 Å². The number of hydrogen-bond donors (Lipinski definition) is 2. The minimum absolute atomic E-state index is 0.0541. The standard InChI is InChI=1S/C22H15F2N3O4S/c1-32(30,31)13-4-2-11(3-5-13)12-8-15-16(10-27-22(15)26-9-12)20(28)18-17(23)7-6-14(19(18)24)21(25)29/h2-10H,1H3,(H2,25,29)(H,26,27). The average molecular weight is 455 g/mol. The van der Waals surface area contributed by atoms with Crippen molar-refractivity contribution >= 4 is 32.6 Å². The molecule has 3 N–H and O–H groups in total. The first-order chi connectivity index (χ1) is 15.1. The molecule has 0 aliphatic heterocycles. The lowest BCUT2D eigenvalue weighted by molar-refractivity contribution is 0.0996. The van der Waals surface area contributed by atoms with Crippen molar-refractivity contribution in [2.45, 2.75) is 4.90 Å². The van der Waals surface area contributed by atoms with E-state index in [1.54, 1.807) is 18.2 Å². The van der Waals surface area contributed by atoms with Crippen LogP contribution in [-0.4, -0.2) is 36.3 Å². The molecule has 32 heavy (non-hydrogen) atoms. The summed E-state index contributed by atoms with van der Waals surface area (Å²) in [5, 5.41) is 0.294. The number of halogens is 2. The second-order valence-electron chi connectivity index (χ2n) is 7.10. The molecule has 0 atom stereocenters. The molecule has 162 valence electrons. The van der Waals surface area contributed by atoms with Gasteiger partial charge in [-0.25, -0.2) is 22.2 Å². The summed E-state index contributed by atoms with van der Waals surface area (Å²) >= 11 is 0. The zero-order valence-electron chi connectivity index (χ0n) is 16.5. The van der Waals surface area contributed by atoms with Crippen molar-refractivity contribution in [1.82, 2.24) is 9.97 Å². The number of ketones is 1. The Bertz CT molecular complexity index is 1510. The third-order valence-corrected chi connectivity index (χ3v) is 6.10. The number of nitrogens with zero attached hydrogens (tertiary/aromatic N) is 1. The number of benzene rings is 2. The van der Waals surface area contributed by atoms with Crippen LogP contribution in [0.4, 0.5) is 8.78 Å². The van der Waals surface area contributed by atoms with Crippen LogP contribution in [0, 0.1) is 11.6 Å². The van der Waals surface area contributed by atoms with Crippen molar-refractivity contribution in [1.29, 1.82) is 0 Å². The van der Waals surface area contributed by atoms with Crippen molar-refractivity contribution in [3.63, 3.8) is 0 Å². The van der Waals surface area contributed by atoms with Crippen molar-refractivity contribution in [3.05, 3.63) is 83.2 Å². The Morgan fingerprint density at radius 2 is 1.69 bits per heavy atom. The highest BCUT2D eigenvalue weighted by Crippen LogP contribution is 2.28. The van der Waals surface area contributed by atoms with E-state index in [0.717, 1.165) is 18.4 Å². The summed E-state index contributed by atoms with van der Waals surface area (Å²) in [6.45, 7) is 0. The molecule has 4 aromatic rings. The number of hydrogen-bond acceptors (Lipinski definition) is 5. The Kier molecular flexibility index (Phi) is 5.09. The van der Waals surface area contributed by atoms with E-state index in [1.165, 1.54) is 24.5 Å². The summed E-state index contributed by atoms with van der Waals surface area (Å²) in [7, 11) is -3.36. The SMILES string of the molecule is CS(=O)(=O)c1ccc(-c2cnc3[nH]cc(C(=O)c4c(F)ccc(C(N)=O)c4F)c3c2)cc1. The van der Waals surface area contributed by atoms with Crippen molar-refractivity contribution in [3.8, 4) is 11.1 Å². The molecule has 0 saturated carbocycles. The second-order valence-corrected chi connectivity index (χ2v) is 9.11. The second kappa shape index (κ2) is 7.65. The number of aromatic nitrogens is 2. The van der Waals surface area contributed by atoms with E-state index < -0.39 is 44.3 Å². The van der Waals surface area contributed by atoms with Crippen molar-refractivity contribution in [2.24, 2.45) is 5.73 Å². The summed E-state index contributed by atoms with van der Waals surface area (Å²) in [5.74, 6) is -4.58. The molecule has 0 saturated heterocycles. The number of aromatic amines is 1. The first kappa shape index (κ1) is 21.3. The highest BCUT2D eigenvalue weighted by atomic mass is 32.2. The van der Waals surface area contributed by atoms with Gasteiger partial charge in [-0.05, 0) is 35.9 Å². The molecule has 2 heterocycles. The Hall–Kier alpha value is -3.92.